The van der Waals surface area contributed by atoms with E-state index in [4.69, 9.17) is 10.5 Å². The van der Waals surface area contributed by atoms with Crippen LogP contribution >= 0.6 is 0 Å². The van der Waals surface area contributed by atoms with Gasteiger partial charge in [0.1, 0.15) is 23.4 Å². The van der Waals surface area contributed by atoms with Crippen LogP contribution < -0.4 is 10.5 Å². The summed E-state index contributed by atoms with van der Waals surface area (Å²) in [5, 5.41) is 0. The molecule has 6 nitrogen and oxygen atoms in total. The minimum Gasteiger partial charge on any atom is -0.436 e. The molecule has 96 valence electrons. The van der Waals surface area contributed by atoms with Gasteiger partial charge in [-0.25, -0.2) is 14.4 Å². The maximum atomic E-state index is 13.6. The number of benzene rings is 1. The lowest BCUT2D eigenvalue weighted by Gasteiger charge is -2.09. The number of rotatable bonds is 3. The Kier molecular flexibility index (Phi) is 2.81. The molecule has 3 N–H and O–H groups in total. The Morgan fingerprint density at radius 1 is 1.26 bits per heavy atom. The number of aromatic amines is 1. The van der Waals surface area contributed by atoms with Crippen molar-refractivity contribution in [3.8, 4) is 11.6 Å². The standard InChI is InChI=1S/C12H10FN5O/c13-8-2-1-3-9(7(8)4-14)19-12-10-11(16-5-15-10)17-6-18-12/h1-3,5-6H,4,14H2,(H,15,16,17,18). The Hall–Kier alpha value is -2.54. The van der Waals surface area contributed by atoms with E-state index in [1.807, 2.05) is 0 Å². The zero-order valence-electron chi connectivity index (χ0n) is 9.80. The van der Waals surface area contributed by atoms with E-state index in [1.54, 1.807) is 12.1 Å². The van der Waals surface area contributed by atoms with Gasteiger partial charge in [0.25, 0.3) is 0 Å². The van der Waals surface area contributed by atoms with E-state index in [2.05, 4.69) is 19.9 Å². The topological polar surface area (TPSA) is 89.7 Å². The number of halogens is 1. The zero-order chi connectivity index (χ0) is 13.2. The average molecular weight is 259 g/mol. The van der Waals surface area contributed by atoms with Crippen LogP contribution in [0.3, 0.4) is 0 Å². The molecular weight excluding hydrogens is 249 g/mol. The number of imidazole rings is 1. The Morgan fingerprint density at radius 2 is 2.16 bits per heavy atom. The summed E-state index contributed by atoms with van der Waals surface area (Å²) in [7, 11) is 0. The molecule has 0 radical (unpaired) electrons. The number of H-pyrrole nitrogens is 1. The smallest absolute Gasteiger partial charge is 0.248 e. The van der Waals surface area contributed by atoms with E-state index in [0.717, 1.165) is 0 Å². The third-order valence-electron chi connectivity index (χ3n) is 2.67. The minimum atomic E-state index is -0.407. The van der Waals surface area contributed by atoms with Crippen LogP contribution in [0.2, 0.25) is 0 Å². The Balaban J connectivity index is 2.06. The van der Waals surface area contributed by atoms with Crippen molar-refractivity contribution in [3.63, 3.8) is 0 Å². The Morgan fingerprint density at radius 3 is 3.00 bits per heavy atom. The summed E-state index contributed by atoms with van der Waals surface area (Å²) >= 11 is 0. The largest absolute Gasteiger partial charge is 0.436 e. The van der Waals surface area contributed by atoms with Crippen LogP contribution in [0, 0.1) is 5.82 Å². The summed E-state index contributed by atoms with van der Waals surface area (Å²) < 4.78 is 19.2. The van der Waals surface area contributed by atoms with E-state index in [0.29, 0.717) is 22.5 Å². The van der Waals surface area contributed by atoms with Crippen LogP contribution in [0.25, 0.3) is 11.2 Å². The van der Waals surface area contributed by atoms with Gasteiger partial charge in [0.05, 0.1) is 6.33 Å². The molecule has 0 saturated carbocycles. The first kappa shape index (κ1) is 11.5. The van der Waals surface area contributed by atoms with Crippen molar-refractivity contribution in [2.75, 3.05) is 0 Å². The lowest BCUT2D eigenvalue weighted by molar-refractivity contribution is 0.453. The molecular formula is C12H10FN5O. The summed E-state index contributed by atoms with van der Waals surface area (Å²) in [6.45, 7) is 0.0409. The van der Waals surface area contributed by atoms with Gasteiger partial charge >= 0.3 is 0 Å². The van der Waals surface area contributed by atoms with Crippen molar-refractivity contribution in [2.24, 2.45) is 5.73 Å². The van der Waals surface area contributed by atoms with E-state index >= 15 is 0 Å². The molecule has 1 aromatic carbocycles. The quantitative estimate of drug-likeness (QED) is 0.747. The molecule has 0 aliphatic carbocycles. The van der Waals surface area contributed by atoms with Crippen molar-refractivity contribution in [1.29, 1.82) is 0 Å². The molecule has 19 heavy (non-hydrogen) atoms. The van der Waals surface area contributed by atoms with Gasteiger partial charge in [0, 0.05) is 12.1 Å². The van der Waals surface area contributed by atoms with Gasteiger partial charge in [-0.05, 0) is 12.1 Å². The number of aromatic nitrogens is 4. The highest BCUT2D eigenvalue weighted by molar-refractivity contribution is 5.75. The summed E-state index contributed by atoms with van der Waals surface area (Å²) in [5.74, 6) is 0.204. The van der Waals surface area contributed by atoms with E-state index in [9.17, 15) is 4.39 Å². The Bertz CT molecular complexity index is 727. The van der Waals surface area contributed by atoms with Crippen molar-refractivity contribution in [2.45, 2.75) is 6.54 Å². The molecule has 2 heterocycles. The predicted molar refractivity (Wildman–Crippen MR) is 66.0 cm³/mol. The molecule has 0 fully saturated rings. The van der Waals surface area contributed by atoms with Crippen molar-refractivity contribution >= 4 is 11.2 Å². The lowest BCUT2D eigenvalue weighted by atomic mass is 10.2. The number of nitrogens with two attached hydrogens (primary N) is 1. The Labute approximate surface area is 107 Å². The molecule has 7 heteroatoms. The molecule has 0 amide bonds. The van der Waals surface area contributed by atoms with Crippen molar-refractivity contribution < 1.29 is 9.13 Å². The van der Waals surface area contributed by atoms with Gasteiger partial charge in [-0.1, -0.05) is 6.07 Å². The predicted octanol–water partition coefficient (Wildman–Crippen LogP) is 1.74. The number of hydrogen-bond acceptors (Lipinski definition) is 5. The zero-order valence-corrected chi connectivity index (χ0v) is 9.80. The molecule has 2 aromatic heterocycles. The molecule has 3 aromatic rings. The monoisotopic (exact) mass is 259 g/mol. The van der Waals surface area contributed by atoms with Crippen LogP contribution in [0.5, 0.6) is 11.6 Å². The van der Waals surface area contributed by atoms with Crippen LogP contribution in [0.4, 0.5) is 4.39 Å². The molecule has 3 rings (SSSR count). The number of fused-ring (bicyclic) bond motifs is 1. The fraction of sp³-hybridized carbons (Fsp3) is 0.0833. The van der Waals surface area contributed by atoms with E-state index in [-0.39, 0.29) is 12.4 Å². The lowest BCUT2D eigenvalue weighted by Crippen LogP contribution is -2.03. The summed E-state index contributed by atoms with van der Waals surface area (Å²) in [5.41, 5.74) is 6.86. The maximum Gasteiger partial charge on any atom is 0.248 e. The SMILES string of the molecule is NCc1c(F)cccc1Oc1ncnc2nc[nH]c12. The first-order chi connectivity index (χ1) is 9.29. The third kappa shape index (κ3) is 2.00. The van der Waals surface area contributed by atoms with E-state index in [1.165, 1.54) is 18.7 Å². The minimum absolute atomic E-state index is 0.0409. The second kappa shape index (κ2) is 4.62. The fourth-order valence-electron chi connectivity index (χ4n) is 1.76. The number of hydrogen-bond donors (Lipinski definition) is 2. The molecule has 0 atom stereocenters. The highest BCUT2D eigenvalue weighted by Gasteiger charge is 2.12. The normalized spacial score (nSPS) is 10.8. The van der Waals surface area contributed by atoms with Crippen LogP contribution in [-0.2, 0) is 6.54 Å². The molecule has 0 aliphatic rings. The first-order valence-electron chi connectivity index (χ1n) is 5.59. The van der Waals surface area contributed by atoms with Crippen LogP contribution in [-0.4, -0.2) is 19.9 Å². The fourth-order valence-corrected chi connectivity index (χ4v) is 1.76. The van der Waals surface area contributed by atoms with Crippen LogP contribution in [0.1, 0.15) is 5.56 Å². The first-order valence-corrected chi connectivity index (χ1v) is 5.59. The highest BCUT2D eigenvalue weighted by atomic mass is 19.1. The van der Waals surface area contributed by atoms with Gasteiger partial charge in [0.15, 0.2) is 5.65 Å². The van der Waals surface area contributed by atoms with E-state index < -0.39 is 5.82 Å². The highest BCUT2D eigenvalue weighted by Crippen LogP contribution is 2.28. The van der Waals surface area contributed by atoms with Gasteiger partial charge in [-0.15, -0.1) is 0 Å². The average Bonchev–Trinajstić information content (AvgIpc) is 2.88. The van der Waals surface area contributed by atoms with Gasteiger partial charge in [-0.3, -0.25) is 0 Å². The van der Waals surface area contributed by atoms with Gasteiger partial charge in [-0.2, -0.15) is 4.98 Å². The summed E-state index contributed by atoms with van der Waals surface area (Å²) in [6.07, 6.45) is 2.82. The van der Waals surface area contributed by atoms with Crippen molar-refractivity contribution in [3.05, 3.63) is 42.2 Å². The molecule has 0 bridgehead atoms. The third-order valence-corrected chi connectivity index (χ3v) is 2.67. The van der Waals surface area contributed by atoms with Gasteiger partial charge < -0.3 is 15.5 Å². The second-order valence-electron chi connectivity index (χ2n) is 3.80. The number of ether oxygens (including phenoxy) is 1. The molecule has 0 unspecified atom stereocenters. The number of nitrogens with one attached hydrogen (secondary N) is 1. The van der Waals surface area contributed by atoms with Gasteiger partial charge in [0.2, 0.25) is 5.88 Å². The summed E-state index contributed by atoms with van der Waals surface area (Å²) in [4.78, 5) is 14.9. The molecule has 0 saturated heterocycles. The maximum absolute atomic E-state index is 13.6. The molecule has 0 spiro atoms. The van der Waals surface area contributed by atoms with Crippen molar-refractivity contribution in [1.82, 2.24) is 19.9 Å². The molecule has 0 aliphatic heterocycles. The number of nitrogens with zero attached hydrogens (tertiary/aromatic N) is 3. The summed E-state index contributed by atoms with van der Waals surface area (Å²) in [6, 6.07) is 4.52. The second-order valence-corrected chi connectivity index (χ2v) is 3.80. The van der Waals surface area contributed by atoms with Crippen LogP contribution in [0.15, 0.2) is 30.9 Å².